The zero-order valence-electron chi connectivity index (χ0n) is 12.1. The third-order valence-electron chi connectivity index (χ3n) is 3.59. The van der Waals surface area contributed by atoms with Crippen LogP contribution in [0.5, 0.6) is 0 Å². The number of benzene rings is 2. The zero-order chi connectivity index (χ0) is 14.8. The molecule has 0 amide bonds. The minimum atomic E-state index is 0.711. The Kier molecular flexibility index (Phi) is 3.39. The molecule has 0 radical (unpaired) electrons. The molecule has 0 atom stereocenters. The van der Waals surface area contributed by atoms with Gasteiger partial charge in [-0.25, -0.2) is 0 Å². The molecule has 0 aliphatic rings. The number of aromatic nitrogens is 4. The first-order valence-electron chi connectivity index (χ1n) is 6.93. The van der Waals surface area contributed by atoms with Gasteiger partial charge in [-0.3, -0.25) is 0 Å². The van der Waals surface area contributed by atoms with Gasteiger partial charge < -0.3 is 5.73 Å². The van der Waals surface area contributed by atoms with Crippen LogP contribution in [0.3, 0.4) is 0 Å². The predicted molar refractivity (Wildman–Crippen MR) is 83.1 cm³/mol. The van der Waals surface area contributed by atoms with Crippen molar-refractivity contribution < 1.29 is 0 Å². The number of hydrogen-bond donors (Lipinski definition) is 1. The first-order valence-corrected chi connectivity index (χ1v) is 6.93. The molecule has 0 saturated carbocycles. The second-order valence-electron chi connectivity index (χ2n) is 5.01. The Morgan fingerprint density at radius 1 is 1.10 bits per heavy atom. The molecule has 0 saturated heterocycles. The summed E-state index contributed by atoms with van der Waals surface area (Å²) in [5, 5.41) is 12.0. The maximum Gasteiger partial charge on any atom is 0.187 e. The van der Waals surface area contributed by atoms with E-state index >= 15 is 0 Å². The van der Waals surface area contributed by atoms with E-state index in [0.29, 0.717) is 5.82 Å². The van der Waals surface area contributed by atoms with E-state index in [4.69, 9.17) is 5.73 Å². The molecule has 3 aromatic rings. The second-order valence-corrected chi connectivity index (χ2v) is 5.01. The van der Waals surface area contributed by atoms with Gasteiger partial charge in [-0.15, -0.1) is 5.10 Å². The highest BCUT2D eigenvalue weighted by molar-refractivity contribution is 5.63. The van der Waals surface area contributed by atoms with E-state index in [2.05, 4.69) is 34.6 Å². The van der Waals surface area contributed by atoms with Crippen molar-refractivity contribution in [2.24, 2.45) is 0 Å². The molecule has 3 rings (SSSR count). The van der Waals surface area contributed by atoms with Crippen LogP contribution in [0.15, 0.2) is 42.5 Å². The van der Waals surface area contributed by atoms with Gasteiger partial charge in [0.1, 0.15) is 0 Å². The molecule has 0 unspecified atom stereocenters. The molecule has 0 spiro atoms. The van der Waals surface area contributed by atoms with Gasteiger partial charge in [-0.05, 0) is 65.2 Å². The number of nitrogen functional groups attached to an aromatic ring is 1. The number of aryl methyl sites for hydroxylation is 2. The average Bonchev–Trinajstić information content (AvgIpc) is 2.99. The van der Waals surface area contributed by atoms with Gasteiger partial charge in [0.05, 0.1) is 5.69 Å². The quantitative estimate of drug-likeness (QED) is 0.748. The van der Waals surface area contributed by atoms with E-state index in [1.807, 2.05) is 37.3 Å². The third kappa shape index (κ3) is 2.50. The van der Waals surface area contributed by atoms with Crippen LogP contribution in [0.4, 0.5) is 5.69 Å². The summed E-state index contributed by atoms with van der Waals surface area (Å²) < 4.78 is 1.74. The molecule has 2 aromatic carbocycles. The van der Waals surface area contributed by atoms with Crippen molar-refractivity contribution in [1.29, 1.82) is 0 Å². The molecular formula is C16H17N5. The lowest BCUT2D eigenvalue weighted by atomic mass is 10.1. The van der Waals surface area contributed by atoms with E-state index in [1.54, 1.807) is 4.68 Å². The van der Waals surface area contributed by atoms with Crippen molar-refractivity contribution in [3.8, 4) is 17.1 Å². The van der Waals surface area contributed by atoms with Crippen molar-refractivity contribution >= 4 is 5.69 Å². The van der Waals surface area contributed by atoms with Gasteiger partial charge in [0.2, 0.25) is 0 Å². The second kappa shape index (κ2) is 5.36. The maximum atomic E-state index is 5.86. The maximum absolute atomic E-state index is 5.86. The lowest BCUT2D eigenvalue weighted by Gasteiger charge is -2.07. The Balaban J connectivity index is 2.05. The summed E-state index contributed by atoms with van der Waals surface area (Å²) in [5.41, 5.74) is 10.8. The first-order chi connectivity index (χ1) is 10.2. The topological polar surface area (TPSA) is 69.6 Å². The van der Waals surface area contributed by atoms with Crippen molar-refractivity contribution in [1.82, 2.24) is 20.2 Å². The van der Waals surface area contributed by atoms with Crippen LogP contribution < -0.4 is 5.73 Å². The van der Waals surface area contributed by atoms with E-state index in [9.17, 15) is 0 Å². The highest BCUT2D eigenvalue weighted by Crippen LogP contribution is 2.23. The van der Waals surface area contributed by atoms with Gasteiger partial charge in [0.15, 0.2) is 5.82 Å². The molecule has 5 nitrogen and oxygen atoms in total. The van der Waals surface area contributed by atoms with Crippen LogP contribution in [-0.2, 0) is 6.42 Å². The molecule has 0 aliphatic heterocycles. The minimum absolute atomic E-state index is 0.711. The number of rotatable bonds is 3. The normalized spacial score (nSPS) is 10.8. The molecule has 21 heavy (non-hydrogen) atoms. The van der Waals surface area contributed by atoms with Gasteiger partial charge in [0.25, 0.3) is 0 Å². The van der Waals surface area contributed by atoms with Crippen molar-refractivity contribution in [3.63, 3.8) is 0 Å². The third-order valence-corrected chi connectivity index (χ3v) is 3.59. The Labute approximate surface area is 123 Å². The van der Waals surface area contributed by atoms with Crippen LogP contribution in [0.25, 0.3) is 17.1 Å². The highest BCUT2D eigenvalue weighted by atomic mass is 15.5. The van der Waals surface area contributed by atoms with E-state index in [1.165, 1.54) is 5.56 Å². The molecule has 2 N–H and O–H groups in total. The molecular weight excluding hydrogens is 262 g/mol. The summed E-state index contributed by atoms with van der Waals surface area (Å²) in [6.07, 6.45) is 1.01. The van der Waals surface area contributed by atoms with Crippen LogP contribution in [-0.4, -0.2) is 20.2 Å². The molecule has 5 heteroatoms. The molecule has 1 aromatic heterocycles. The predicted octanol–water partition coefficient (Wildman–Crippen LogP) is 2.78. The Morgan fingerprint density at radius 3 is 2.52 bits per heavy atom. The highest BCUT2D eigenvalue weighted by Gasteiger charge is 2.11. The smallest absolute Gasteiger partial charge is 0.187 e. The monoisotopic (exact) mass is 279 g/mol. The molecule has 106 valence electrons. The van der Waals surface area contributed by atoms with Gasteiger partial charge >= 0.3 is 0 Å². The molecule has 0 fully saturated rings. The summed E-state index contributed by atoms with van der Waals surface area (Å²) in [4.78, 5) is 0. The number of anilines is 1. The first kappa shape index (κ1) is 13.3. The van der Waals surface area contributed by atoms with E-state index in [0.717, 1.165) is 28.9 Å². The van der Waals surface area contributed by atoms with Crippen molar-refractivity contribution in [3.05, 3.63) is 53.6 Å². The number of hydrogen-bond acceptors (Lipinski definition) is 4. The fourth-order valence-corrected chi connectivity index (χ4v) is 2.23. The number of nitrogens with two attached hydrogens (primary N) is 1. The van der Waals surface area contributed by atoms with Crippen LogP contribution in [0, 0.1) is 6.92 Å². The minimum Gasteiger partial charge on any atom is -0.399 e. The summed E-state index contributed by atoms with van der Waals surface area (Å²) in [5.74, 6) is 0.711. The lowest BCUT2D eigenvalue weighted by molar-refractivity contribution is 0.790. The lowest BCUT2D eigenvalue weighted by Crippen LogP contribution is -2.00. The Bertz CT molecular complexity index is 759. The van der Waals surface area contributed by atoms with Crippen LogP contribution in [0.1, 0.15) is 18.1 Å². The summed E-state index contributed by atoms with van der Waals surface area (Å²) in [7, 11) is 0. The Hall–Kier alpha value is -2.69. The number of nitrogens with zero attached hydrogens (tertiary/aromatic N) is 4. The van der Waals surface area contributed by atoms with Crippen molar-refractivity contribution in [2.45, 2.75) is 20.3 Å². The SMILES string of the molecule is CCc1ccc(-n2nnnc2-c2ccc(N)c(C)c2)cc1. The standard InChI is InChI=1S/C16H17N5/c1-3-12-4-7-14(8-5-12)21-16(18-19-20-21)13-6-9-15(17)11(2)10-13/h4-10H,3,17H2,1-2H3. The van der Waals surface area contributed by atoms with Gasteiger partial charge in [-0.1, -0.05) is 19.1 Å². The molecule has 0 aliphatic carbocycles. The van der Waals surface area contributed by atoms with Crippen LogP contribution >= 0.6 is 0 Å². The fourth-order valence-electron chi connectivity index (χ4n) is 2.23. The summed E-state index contributed by atoms with van der Waals surface area (Å²) >= 11 is 0. The fraction of sp³-hybridized carbons (Fsp3) is 0.188. The van der Waals surface area contributed by atoms with Gasteiger partial charge in [-0.2, -0.15) is 4.68 Å². The van der Waals surface area contributed by atoms with Crippen molar-refractivity contribution in [2.75, 3.05) is 5.73 Å². The molecule has 0 bridgehead atoms. The zero-order valence-corrected chi connectivity index (χ0v) is 12.1. The summed E-state index contributed by atoms with van der Waals surface area (Å²) in [6.45, 7) is 4.11. The Morgan fingerprint density at radius 2 is 1.86 bits per heavy atom. The number of tetrazole rings is 1. The van der Waals surface area contributed by atoms with E-state index < -0.39 is 0 Å². The average molecular weight is 279 g/mol. The van der Waals surface area contributed by atoms with E-state index in [-0.39, 0.29) is 0 Å². The largest absolute Gasteiger partial charge is 0.399 e. The molecule has 1 heterocycles. The van der Waals surface area contributed by atoms with Gasteiger partial charge in [0, 0.05) is 11.3 Å². The summed E-state index contributed by atoms with van der Waals surface area (Å²) in [6, 6.07) is 14.1. The van der Waals surface area contributed by atoms with Crippen LogP contribution in [0.2, 0.25) is 0 Å².